The molecule has 1 aliphatic rings. The van der Waals surface area contributed by atoms with E-state index < -0.39 is 0 Å². The molecule has 1 fully saturated rings. The van der Waals surface area contributed by atoms with E-state index in [1.807, 2.05) is 12.1 Å². The molecule has 4 heteroatoms. The van der Waals surface area contributed by atoms with Crippen LogP contribution in [0, 0.1) is 11.7 Å². The second-order valence-electron chi connectivity index (χ2n) is 5.70. The molecule has 3 nitrogen and oxygen atoms in total. The summed E-state index contributed by atoms with van der Waals surface area (Å²) in [5.41, 5.74) is 3.21. The van der Waals surface area contributed by atoms with Gasteiger partial charge in [-0.3, -0.25) is 5.84 Å². The first-order valence-corrected chi connectivity index (χ1v) is 7.43. The standard InChI is InChI=1S/C16H21FN2O/c17-13-9-5-8-12-10-14(20-16(12)13)15(19-18)11-6-3-1-2-4-7-11/h5,8-11,15,19H,1-4,6-7,18H2. The van der Waals surface area contributed by atoms with Crippen molar-refractivity contribution in [3.63, 3.8) is 0 Å². The Kier molecular flexibility index (Phi) is 4.03. The van der Waals surface area contributed by atoms with Crippen LogP contribution in [0.3, 0.4) is 0 Å². The number of fused-ring (bicyclic) bond motifs is 1. The number of furan rings is 1. The van der Waals surface area contributed by atoms with Gasteiger partial charge in [0.15, 0.2) is 11.4 Å². The van der Waals surface area contributed by atoms with Crippen LogP contribution in [0.5, 0.6) is 0 Å². The van der Waals surface area contributed by atoms with Crippen molar-refractivity contribution >= 4 is 11.0 Å². The molecule has 0 bridgehead atoms. The zero-order chi connectivity index (χ0) is 13.9. The molecule has 0 aliphatic heterocycles. The van der Waals surface area contributed by atoms with Gasteiger partial charge >= 0.3 is 0 Å². The van der Waals surface area contributed by atoms with Gasteiger partial charge in [0.05, 0.1) is 6.04 Å². The molecule has 1 atom stereocenters. The van der Waals surface area contributed by atoms with Gasteiger partial charge in [-0.15, -0.1) is 0 Å². The molecule has 1 aliphatic carbocycles. The third-order valence-electron chi connectivity index (χ3n) is 4.37. The maximum absolute atomic E-state index is 13.7. The SMILES string of the molecule is NNC(c1cc2cccc(F)c2o1)C1CCCCCC1. The van der Waals surface area contributed by atoms with Crippen molar-refractivity contribution in [1.82, 2.24) is 5.43 Å². The van der Waals surface area contributed by atoms with Gasteiger partial charge in [-0.1, -0.05) is 37.8 Å². The first-order chi connectivity index (χ1) is 9.79. The smallest absolute Gasteiger partial charge is 0.169 e. The van der Waals surface area contributed by atoms with Crippen LogP contribution in [-0.4, -0.2) is 0 Å². The molecular formula is C16H21FN2O. The normalized spacial score (nSPS) is 19.1. The highest BCUT2D eigenvalue weighted by Crippen LogP contribution is 2.35. The number of hydrogen-bond donors (Lipinski definition) is 2. The number of halogens is 1. The third-order valence-corrected chi connectivity index (χ3v) is 4.37. The molecule has 108 valence electrons. The minimum Gasteiger partial charge on any atom is -0.456 e. The lowest BCUT2D eigenvalue weighted by molar-refractivity contribution is 0.290. The van der Waals surface area contributed by atoms with Crippen molar-refractivity contribution in [2.75, 3.05) is 0 Å². The van der Waals surface area contributed by atoms with Crippen LogP contribution in [0.15, 0.2) is 28.7 Å². The van der Waals surface area contributed by atoms with E-state index in [4.69, 9.17) is 10.3 Å². The fourth-order valence-electron chi connectivity index (χ4n) is 3.30. The summed E-state index contributed by atoms with van der Waals surface area (Å²) in [5, 5.41) is 0.800. The van der Waals surface area contributed by atoms with E-state index in [9.17, 15) is 4.39 Å². The van der Waals surface area contributed by atoms with Crippen molar-refractivity contribution in [2.45, 2.75) is 44.6 Å². The van der Waals surface area contributed by atoms with Crippen LogP contribution >= 0.6 is 0 Å². The number of para-hydroxylation sites is 1. The Morgan fingerprint density at radius 2 is 1.95 bits per heavy atom. The van der Waals surface area contributed by atoms with Gasteiger partial charge in [-0.25, -0.2) is 9.82 Å². The molecule has 0 saturated heterocycles. The topological polar surface area (TPSA) is 51.2 Å². The highest BCUT2D eigenvalue weighted by molar-refractivity contribution is 5.78. The Bertz CT molecular complexity index is 573. The van der Waals surface area contributed by atoms with Gasteiger partial charge < -0.3 is 4.42 Å². The molecule has 1 aromatic heterocycles. The molecule has 0 amide bonds. The predicted octanol–water partition coefficient (Wildman–Crippen LogP) is 4.05. The van der Waals surface area contributed by atoms with E-state index in [2.05, 4.69) is 5.43 Å². The summed E-state index contributed by atoms with van der Waals surface area (Å²) in [6.07, 6.45) is 7.35. The lowest BCUT2D eigenvalue weighted by Crippen LogP contribution is -2.33. The van der Waals surface area contributed by atoms with Gasteiger partial charge in [0, 0.05) is 5.39 Å². The van der Waals surface area contributed by atoms with Crippen LogP contribution in [-0.2, 0) is 0 Å². The van der Waals surface area contributed by atoms with E-state index in [0.29, 0.717) is 11.5 Å². The van der Waals surface area contributed by atoms with Crippen LogP contribution in [0.1, 0.15) is 50.3 Å². The van der Waals surface area contributed by atoms with Crippen molar-refractivity contribution < 1.29 is 8.81 Å². The second kappa shape index (κ2) is 5.94. The largest absolute Gasteiger partial charge is 0.456 e. The maximum atomic E-state index is 13.7. The lowest BCUT2D eigenvalue weighted by atomic mass is 9.90. The molecule has 0 radical (unpaired) electrons. The predicted molar refractivity (Wildman–Crippen MR) is 77.4 cm³/mol. The van der Waals surface area contributed by atoms with E-state index in [1.165, 1.54) is 31.7 Å². The monoisotopic (exact) mass is 276 g/mol. The minimum absolute atomic E-state index is 0.0279. The molecule has 1 saturated carbocycles. The molecule has 2 aromatic rings. The minimum atomic E-state index is -0.314. The fraction of sp³-hybridized carbons (Fsp3) is 0.500. The Hall–Kier alpha value is -1.39. The van der Waals surface area contributed by atoms with E-state index in [1.54, 1.807) is 6.07 Å². The highest BCUT2D eigenvalue weighted by atomic mass is 19.1. The second-order valence-corrected chi connectivity index (χ2v) is 5.70. The molecule has 1 aromatic carbocycles. The summed E-state index contributed by atoms with van der Waals surface area (Å²) in [6, 6.07) is 6.87. The third kappa shape index (κ3) is 2.58. The molecule has 3 N–H and O–H groups in total. The number of nitrogens with one attached hydrogen (secondary N) is 1. The van der Waals surface area contributed by atoms with Crippen LogP contribution in [0.2, 0.25) is 0 Å². The highest BCUT2D eigenvalue weighted by Gasteiger charge is 2.26. The van der Waals surface area contributed by atoms with Crippen LogP contribution < -0.4 is 11.3 Å². The van der Waals surface area contributed by atoms with E-state index in [0.717, 1.165) is 24.0 Å². The number of benzene rings is 1. The first kappa shape index (κ1) is 13.6. The molecule has 3 rings (SSSR count). The van der Waals surface area contributed by atoms with Gasteiger partial charge in [-0.2, -0.15) is 0 Å². The van der Waals surface area contributed by atoms with E-state index >= 15 is 0 Å². The number of nitrogens with two attached hydrogens (primary N) is 1. The van der Waals surface area contributed by atoms with Gasteiger partial charge in [-0.05, 0) is 30.9 Å². The Balaban J connectivity index is 1.92. The van der Waals surface area contributed by atoms with Gasteiger partial charge in [0.1, 0.15) is 5.76 Å². The summed E-state index contributed by atoms with van der Waals surface area (Å²) in [4.78, 5) is 0. The fourth-order valence-corrected chi connectivity index (χ4v) is 3.30. The number of hydrazine groups is 1. The zero-order valence-electron chi connectivity index (χ0n) is 11.6. The average Bonchev–Trinajstić information content (AvgIpc) is 2.70. The average molecular weight is 276 g/mol. The molecule has 20 heavy (non-hydrogen) atoms. The Labute approximate surface area is 118 Å². The first-order valence-electron chi connectivity index (χ1n) is 7.43. The summed E-state index contributed by atoms with van der Waals surface area (Å²) in [5.74, 6) is 6.64. The molecule has 0 spiro atoms. The Morgan fingerprint density at radius 1 is 1.20 bits per heavy atom. The van der Waals surface area contributed by atoms with Gasteiger partial charge in [0.25, 0.3) is 0 Å². The molecule has 1 heterocycles. The number of rotatable bonds is 3. The van der Waals surface area contributed by atoms with Crippen LogP contribution in [0.4, 0.5) is 4.39 Å². The van der Waals surface area contributed by atoms with Crippen molar-refractivity contribution in [2.24, 2.45) is 11.8 Å². The molecular weight excluding hydrogens is 255 g/mol. The Morgan fingerprint density at radius 3 is 2.60 bits per heavy atom. The summed E-state index contributed by atoms with van der Waals surface area (Å²) in [7, 11) is 0. The van der Waals surface area contributed by atoms with Crippen molar-refractivity contribution in [1.29, 1.82) is 0 Å². The van der Waals surface area contributed by atoms with Gasteiger partial charge in [0.2, 0.25) is 0 Å². The lowest BCUT2D eigenvalue weighted by Gasteiger charge is -2.23. The molecule has 1 unspecified atom stereocenters. The quantitative estimate of drug-likeness (QED) is 0.505. The van der Waals surface area contributed by atoms with E-state index in [-0.39, 0.29) is 11.9 Å². The summed E-state index contributed by atoms with van der Waals surface area (Å²) < 4.78 is 19.5. The summed E-state index contributed by atoms with van der Waals surface area (Å²) >= 11 is 0. The zero-order valence-corrected chi connectivity index (χ0v) is 11.6. The maximum Gasteiger partial charge on any atom is 0.169 e. The van der Waals surface area contributed by atoms with Crippen molar-refractivity contribution in [3.8, 4) is 0 Å². The van der Waals surface area contributed by atoms with Crippen molar-refractivity contribution in [3.05, 3.63) is 35.8 Å². The summed E-state index contributed by atoms with van der Waals surface area (Å²) in [6.45, 7) is 0. The number of hydrogen-bond acceptors (Lipinski definition) is 3. The van der Waals surface area contributed by atoms with Crippen LogP contribution in [0.25, 0.3) is 11.0 Å².